The van der Waals surface area contributed by atoms with E-state index < -0.39 is 5.97 Å². The lowest BCUT2D eigenvalue weighted by atomic mass is 10.1. The van der Waals surface area contributed by atoms with Crippen molar-refractivity contribution in [1.29, 1.82) is 0 Å². The molecule has 0 amide bonds. The topological polar surface area (TPSA) is 57.5 Å². The molecule has 0 bridgehead atoms. The Balaban J connectivity index is 0.000000199. The maximum atomic E-state index is 10.2. The smallest absolute Gasteiger partial charge is 0.307 e. The molecule has 2 aromatic rings. The SMILES string of the molecule is Cc1ccccc1.O=C(O)Cc1ccc(O)cc1. The summed E-state index contributed by atoms with van der Waals surface area (Å²) in [7, 11) is 0. The largest absolute Gasteiger partial charge is 0.508 e. The van der Waals surface area contributed by atoms with Crippen molar-refractivity contribution in [1.82, 2.24) is 0 Å². The predicted molar refractivity (Wildman–Crippen MR) is 70.6 cm³/mol. The molecule has 3 nitrogen and oxygen atoms in total. The first kappa shape index (κ1) is 13.8. The van der Waals surface area contributed by atoms with Crippen LogP contribution in [0.2, 0.25) is 0 Å². The van der Waals surface area contributed by atoms with Gasteiger partial charge in [0, 0.05) is 0 Å². The highest BCUT2D eigenvalue weighted by molar-refractivity contribution is 5.70. The third-order valence-electron chi connectivity index (χ3n) is 2.23. The maximum absolute atomic E-state index is 10.2. The van der Waals surface area contributed by atoms with Crippen molar-refractivity contribution in [2.24, 2.45) is 0 Å². The second-order valence-corrected chi connectivity index (χ2v) is 3.89. The fourth-order valence-electron chi connectivity index (χ4n) is 1.32. The summed E-state index contributed by atoms with van der Waals surface area (Å²) in [6, 6.07) is 16.4. The van der Waals surface area contributed by atoms with Gasteiger partial charge in [-0.15, -0.1) is 0 Å². The van der Waals surface area contributed by atoms with E-state index in [1.807, 2.05) is 18.2 Å². The van der Waals surface area contributed by atoms with Crippen molar-refractivity contribution >= 4 is 5.97 Å². The van der Waals surface area contributed by atoms with E-state index in [0.717, 1.165) is 0 Å². The van der Waals surface area contributed by atoms with Gasteiger partial charge in [0.25, 0.3) is 0 Å². The Morgan fingerprint density at radius 2 is 1.56 bits per heavy atom. The molecule has 0 fully saturated rings. The zero-order valence-corrected chi connectivity index (χ0v) is 10.2. The fraction of sp³-hybridized carbons (Fsp3) is 0.133. The minimum Gasteiger partial charge on any atom is -0.508 e. The summed E-state index contributed by atoms with van der Waals surface area (Å²) in [5, 5.41) is 17.2. The lowest BCUT2D eigenvalue weighted by Crippen LogP contribution is -1.98. The number of aromatic hydroxyl groups is 1. The molecule has 0 saturated carbocycles. The summed E-state index contributed by atoms with van der Waals surface area (Å²) < 4.78 is 0. The Bertz CT molecular complexity index is 475. The second-order valence-electron chi connectivity index (χ2n) is 3.89. The Morgan fingerprint density at radius 1 is 1.00 bits per heavy atom. The van der Waals surface area contributed by atoms with E-state index in [1.54, 1.807) is 12.1 Å². The number of carboxylic acid groups (broad SMARTS) is 1. The van der Waals surface area contributed by atoms with Gasteiger partial charge in [0.15, 0.2) is 0 Å². The summed E-state index contributed by atoms with van der Waals surface area (Å²) in [5.74, 6) is -0.713. The van der Waals surface area contributed by atoms with Crippen LogP contribution in [-0.2, 0) is 11.2 Å². The molecular formula is C15H16O3. The Morgan fingerprint density at radius 3 is 1.94 bits per heavy atom. The average Bonchev–Trinajstić information content (AvgIpc) is 2.33. The van der Waals surface area contributed by atoms with Crippen molar-refractivity contribution in [3.8, 4) is 5.75 Å². The number of hydrogen-bond acceptors (Lipinski definition) is 2. The van der Waals surface area contributed by atoms with Gasteiger partial charge in [-0.2, -0.15) is 0 Å². The first-order valence-corrected chi connectivity index (χ1v) is 5.59. The third kappa shape index (κ3) is 5.70. The zero-order chi connectivity index (χ0) is 13.4. The molecule has 2 N–H and O–H groups in total. The first-order valence-electron chi connectivity index (χ1n) is 5.59. The number of phenols is 1. The second kappa shape index (κ2) is 7.12. The van der Waals surface area contributed by atoms with Gasteiger partial charge in [-0.05, 0) is 24.6 Å². The van der Waals surface area contributed by atoms with Crippen molar-refractivity contribution in [3.63, 3.8) is 0 Å². The van der Waals surface area contributed by atoms with E-state index in [0.29, 0.717) is 5.56 Å². The lowest BCUT2D eigenvalue weighted by Gasteiger charge is -1.95. The van der Waals surface area contributed by atoms with Gasteiger partial charge in [-0.1, -0.05) is 48.0 Å². The predicted octanol–water partition coefficient (Wildman–Crippen LogP) is 3.01. The highest BCUT2D eigenvalue weighted by Crippen LogP contribution is 2.09. The van der Waals surface area contributed by atoms with Crippen molar-refractivity contribution in [2.45, 2.75) is 13.3 Å². The van der Waals surface area contributed by atoms with E-state index in [9.17, 15) is 4.79 Å². The molecule has 0 atom stereocenters. The highest BCUT2D eigenvalue weighted by Gasteiger charge is 1.98. The van der Waals surface area contributed by atoms with Crippen LogP contribution in [0.5, 0.6) is 5.75 Å². The summed E-state index contributed by atoms with van der Waals surface area (Å²) in [4.78, 5) is 10.2. The minimum absolute atomic E-state index is 0.000278. The van der Waals surface area contributed by atoms with Gasteiger partial charge in [-0.25, -0.2) is 0 Å². The summed E-state index contributed by atoms with van der Waals surface area (Å²) in [5.41, 5.74) is 2.01. The Labute approximate surface area is 106 Å². The zero-order valence-electron chi connectivity index (χ0n) is 10.2. The third-order valence-corrected chi connectivity index (χ3v) is 2.23. The van der Waals surface area contributed by atoms with Crippen LogP contribution in [0.3, 0.4) is 0 Å². The molecule has 0 saturated heterocycles. The first-order chi connectivity index (χ1) is 8.58. The highest BCUT2D eigenvalue weighted by atomic mass is 16.4. The van der Waals surface area contributed by atoms with Crippen LogP contribution in [0, 0.1) is 6.92 Å². The molecule has 0 aromatic heterocycles. The van der Waals surface area contributed by atoms with Crippen LogP contribution >= 0.6 is 0 Å². The van der Waals surface area contributed by atoms with Crippen LogP contribution in [-0.4, -0.2) is 16.2 Å². The Hall–Kier alpha value is -2.29. The number of aryl methyl sites for hydroxylation is 1. The molecule has 0 aliphatic carbocycles. The van der Waals surface area contributed by atoms with E-state index in [4.69, 9.17) is 10.2 Å². The van der Waals surface area contributed by atoms with Crippen molar-refractivity contribution < 1.29 is 15.0 Å². The standard InChI is InChI=1S/C8H8O3.C7H8/c9-7-3-1-6(2-4-7)5-8(10)11;1-7-5-3-2-4-6-7/h1-4,9H,5H2,(H,10,11);2-6H,1H3. The molecule has 0 heterocycles. The molecule has 2 rings (SSSR count). The van der Waals surface area contributed by atoms with E-state index in [2.05, 4.69) is 19.1 Å². The number of aliphatic carboxylic acids is 1. The van der Waals surface area contributed by atoms with Gasteiger partial charge in [0.2, 0.25) is 0 Å². The fourth-order valence-corrected chi connectivity index (χ4v) is 1.32. The molecule has 0 unspecified atom stereocenters. The van der Waals surface area contributed by atoms with Crippen LogP contribution in [0.1, 0.15) is 11.1 Å². The molecule has 0 radical (unpaired) electrons. The number of rotatable bonds is 2. The van der Waals surface area contributed by atoms with Crippen molar-refractivity contribution in [2.75, 3.05) is 0 Å². The normalized spacial score (nSPS) is 9.17. The van der Waals surface area contributed by atoms with Crippen LogP contribution in [0.4, 0.5) is 0 Å². The quantitative estimate of drug-likeness (QED) is 0.853. The van der Waals surface area contributed by atoms with Crippen LogP contribution < -0.4 is 0 Å². The van der Waals surface area contributed by atoms with E-state index >= 15 is 0 Å². The molecule has 18 heavy (non-hydrogen) atoms. The number of carboxylic acids is 1. The number of hydrogen-bond donors (Lipinski definition) is 2. The number of phenolic OH excluding ortho intramolecular Hbond substituents is 1. The molecular weight excluding hydrogens is 228 g/mol. The van der Waals surface area contributed by atoms with Gasteiger partial charge < -0.3 is 10.2 Å². The molecule has 0 aliphatic rings. The maximum Gasteiger partial charge on any atom is 0.307 e. The molecule has 3 heteroatoms. The number of carbonyl (C=O) groups is 1. The molecule has 0 spiro atoms. The van der Waals surface area contributed by atoms with Crippen LogP contribution in [0.15, 0.2) is 54.6 Å². The Kier molecular flexibility index (Phi) is 5.45. The van der Waals surface area contributed by atoms with Gasteiger partial charge >= 0.3 is 5.97 Å². The average molecular weight is 244 g/mol. The van der Waals surface area contributed by atoms with E-state index in [1.165, 1.54) is 17.7 Å². The monoisotopic (exact) mass is 244 g/mol. The van der Waals surface area contributed by atoms with Crippen molar-refractivity contribution in [3.05, 3.63) is 65.7 Å². The van der Waals surface area contributed by atoms with E-state index in [-0.39, 0.29) is 12.2 Å². The molecule has 94 valence electrons. The minimum atomic E-state index is -0.865. The number of benzene rings is 2. The summed E-state index contributed by atoms with van der Waals surface area (Å²) >= 11 is 0. The van der Waals surface area contributed by atoms with Crippen LogP contribution in [0.25, 0.3) is 0 Å². The molecule has 0 aliphatic heterocycles. The molecule has 2 aromatic carbocycles. The van der Waals surface area contributed by atoms with Gasteiger partial charge in [0.05, 0.1) is 6.42 Å². The van der Waals surface area contributed by atoms with Gasteiger partial charge in [0.1, 0.15) is 5.75 Å². The summed E-state index contributed by atoms with van der Waals surface area (Å²) in [6.07, 6.45) is 0.000278. The lowest BCUT2D eigenvalue weighted by molar-refractivity contribution is -0.136. The summed E-state index contributed by atoms with van der Waals surface area (Å²) in [6.45, 7) is 2.08. The van der Waals surface area contributed by atoms with Gasteiger partial charge in [-0.3, -0.25) is 4.79 Å².